The van der Waals surface area contributed by atoms with Gasteiger partial charge in [0, 0.05) is 18.3 Å². The van der Waals surface area contributed by atoms with Crippen molar-refractivity contribution in [2.24, 2.45) is 5.92 Å². The highest BCUT2D eigenvalue weighted by Crippen LogP contribution is 2.33. The van der Waals surface area contributed by atoms with Gasteiger partial charge in [0.1, 0.15) is 12.4 Å². The van der Waals surface area contributed by atoms with Crippen LogP contribution < -0.4 is 15.4 Å². The molecule has 7 heteroatoms. The Morgan fingerprint density at radius 1 is 1.14 bits per heavy atom. The minimum atomic E-state index is -0.0481. The smallest absolute Gasteiger partial charge is 0.241 e. The molecule has 28 heavy (non-hydrogen) atoms. The summed E-state index contributed by atoms with van der Waals surface area (Å²) < 4.78 is 5.80. The van der Waals surface area contributed by atoms with Crippen LogP contribution in [0.4, 0.5) is 5.69 Å². The van der Waals surface area contributed by atoms with Gasteiger partial charge in [-0.15, -0.1) is 24.8 Å². The van der Waals surface area contributed by atoms with E-state index >= 15 is 0 Å². The monoisotopic (exact) mass is 431 g/mol. The number of likely N-dealkylation sites (N-methyl/N-ethyl adjacent to an activating group) is 1. The zero-order chi connectivity index (χ0) is 18.4. The Bertz CT molecular complexity index is 568. The van der Waals surface area contributed by atoms with Crippen molar-refractivity contribution in [2.45, 2.75) is 58.0 Å². The highest BCUT2D eigenvalue weighted by molar-refractivity contribution is 5.95. The first-order chi connectivity index (χ1) is 12.7. The molecule has 3 unspecified atom stereocenters. The lowest BCUT2D eigenvalue weighted by atomic mass is 9.85. The number of ether oxygens (including phenoxy) is 1. The van der Waals surface area contributed by atoms with Crippen LogP contribution in [0.15, 0.2) is 24.3 Å². The number of carbonyl (C=O) groups excluding carboxylic acids is 1. The summed E-state index contributed by atoms with van der Waals surface area (Å²) in [5.41, 5.74) is 0.836. The van der Waals surface area contributed by atoms with Gasteiger partial charge in [0.25, 0.3) is 0 Å². The number of fused-ring (bicyclic) bond motifs is 1. The molecule has 5 nitrogen and oxygen atoms in total. The van der Waals surface area contributed by atoms with Crippen molar-refractivity contribution in [3.05, 3.63) is 24.3 Å². The van der Waals surface area contributed by atoms with Crippen molar-refractivity contribution in [1.29, 1.82) is 0 Å². The van der Waals surface area contributed by atoms with E-state index in [2.05, 4.69) is 29.4 Å². The van der Waals surface area contributed by atoms with E-state index in [1.165, 1.54) is 25.7 Å². The molecule has 1 aliphatic carbocycles. The molecule has 0 radical (unpaired) electrons. The van der Waals surface area contributed by atoms with Crippen LogP contribution >= 0.6 is 24.8 Å². The summed E-state index contributed by atoms with van der Waals surface area (Å²) in [6.07, 6.45) is 6.06. The summed E-state index contributed by atoms with van der Waals surface area (Å²) in [5, 5.41) is 6.58. The van der Waals surface area contributed by atoms with Gasteiger partial charge in [-0.25, -0.2) is 0 Å². The standard InChI is InChI=1S/C21H33N3O2.2ClH/c1-3-24(4-2)13-14-26-18-11-9-17(10-12-18)22-21(25)20-15-16-7-5-6-8-19(16)23-20;;/h9-12,16,19-20,23H,3-8,13-15H2,1-2H3,(H,22,25);2*1H. The predicted molar refractivity (Wildman–Crippen MR) is 120 cm³/mol. The van der Waals surface area contributed by atoms with Crippen LogP contribution in [0.2, 0.25) is 0 Å². The largest absolute Gasteiger partial charge is 0.492 e. The summed E-state index contributed by atoms with van der Waals surface area (Å²) in [4.78, 5) is 14.9. The first kappa shape index (κ1) is 25.0. The number of nitrogens with one attached hydrogen (secondary N) is 2. The minimum absolute atomic E-state index is 0. The fraction of sp³-hybridized carbons (Fsp3) is 0.667. The van der Waals surface area contributed by atoms with E-state index in [1.807, 2.05) is 24.3 Å². The number of anilines is 1. The minimum Gasteiger partial charge on any atom is -0.492 e. The summed E-state index contributed by atoms with van der Waals surface area (Å²) in [7, 11) is 0. The van der Waals surface area contributed by atoms with Gasteiger partial charge in [-0.3, -0.25) is 4.79 Å². The molecule has 160 valence electrons. The topological polar surface area (TPSA) is 53.6 Å². The number of hydrogen-bond acceptors (Lipinski definition) is 4. The summed E-state index contributed by atoms with van der Waals surface area (Å²) >= 11 is 0. The highest BCUT2D eigenvalue weighted by atomic mass is 35.5. The molecule has 1 aliphatic heterocycles. The quantitative estimate of drug-likeness (QED) is 0.649. The van der Waals surface area contributed by atoms with Gasteiger partial charge in [0.15, 0.2) is 0 Å². The third-order valence-electron chi connectivity index (χ3n) is 5.87. The van der Waals surface area contributed by atoms with Gasteiger partial charge < -0.3 is 20.3 Å². The molecule has 2 aliphatic rings. The first-order valence-electron chi connectivity index (χ1n) is 10.2. The van der Waals surface area contributed by atoms with Crippen molar-refractivity contribution in [3.63, 3.8) is 0 Å². The van der Waals surface area contributed by atoms with Crippen LogP contribution in [0, 0.1) is 5.92 Å². The van der Waals surface area contributed by atoms with Gasteiger partial charge in [-0.2, -0.15) is 0 Å². The van der Waals surface area contributed by atoms with Crippen LogP contribution in [0.5, 0.6) is 5.75 Å². The molecule has 0 aromatic heterocycles. The number of amides is 1. The second-order valence-corrected chi connectivity index (χ2v) is 7.49. The van der Waals surface area contributed by atoms with E-state index in [-0.39, 0.29) is 36.8 Å². The summed E-state index contributed by atoms with van der Waals surface area (Å²) in [6, 6.07) is 8.20. The fourth-order valence-electron chi connectivity index (χ4n) is 4.22. The molecule has 3 rings (SSSR count). The van der Waals surface area contributed by atoms with Gasteiger partial charge in [-0.05, 0) is 62.5 Å². The second-order valence-electron chi connectivity index (χ2n) is 7.49. The van der Waals surface area contributed by atoms with Crippen LogP contribution in [0.25, 0.3) is 0 Å². The number of halogens is 2. The lowest BCUT2D eigenvalue weighted by Crippen LogP contribution is -2.39. The molecule has 0 spiro atoms. The maximum Gasteiger partial charge on any atom is 0.241 e. The van der Waals surface area contributed by atoms with Gasteiger partial charge in [0.2, 0.25) is 5.91 Å². The number of nitrogens with zero attached hydrogens (tertiary/aromatic N) is 1. The zero-order valence-corrected chi connectivity index (χ0v) is 18.6. The first-order valence-corrected chi connectivity index (χ1v) is 10.2. The Kier molecular flexibility index (Phi) is 11.2. The Hall–Kier alpha value is -1.01. The maximum absolute atomic E-state index is 12.5. The van der Waals surface area contributed by atoms with Crippen molar-refractivity contribution >= 4 is 36.4 Å². The Morgan fingerprint density at radius 3 is 2.46 bits per heavy atom. The summed E-state index contributed by atoms with van der Waals surface area (Å²) in [5.74, 6) is 1.62. The van der Waals surface area contributed by atoms with E-state index in [0.717, 1.165) is 37.5 Å². The second kappa shape index (κ2) is 12.5. The van der Waals surface area contributed by atoms with Crippen LogP contribution in [0.1, 0.15) is 46.0 Å². The Morgan fingerprint density at radius 2 is 1.82 bits per heavy atom. The van der Waals surface area contributed by atoms with Crippen molar-refractivity contribution in [1.82, 2.24) is 10.2 Å². The molecule has 2 N–H and O–H groups in total. The van der Waals surface area contributed by atoms with E-state index < -0.39 is 0 Å². The average Bonchev–Trinajstić information content (AvgIpc) is 3.11. The molecule has 1 aromatic rings. The lowest BCUT2D eigenvalue weighted by molar-refractivity contribution is -0.117. The highest BCUT2D eigenvalue weighted by Gasteiger charge is 2.38. The SMILES string of the molecule is CCN(CC)CCOc1ccc(NC(=O)C2CC3CCCCC3N2)cc1.Cl.Cl. The van der Waals surface area contributed by atoms with Gasteiger partial charge >= 0.3 is 0 Å². The molecule has 1 amide bonds. The Balaban J connectivity index is 0.00000196. The number of benzene rings is 1. The van der Waals surface area contributed by atoms with Gasteiger partial charge in [-0.1, -0.05) is 26.7 Å². The zero-order valence-electron chi connectivity index (χ0n) is 17.0. The number of rotatable bonds is 8. The molecule has 3 atom stereocenters. The molecule has 0 bridgehead atoms. The summed E-state index contributed by atoms with van der Waals surface area (Å²) in [6.45, 7) is 8.02. The van der Waals surface area contributed by atoms with Gasteiger partial charge in [0.05, 0.1) is 6.04 Å². The third kappa shape index (κ3) is 6.80. The average molecular weight is 432 g/mol. The Labute approximate surface area is 181 Å². The van der Waals surface area contributed by atoms with E-state index in [4.69, 9.17) is 4.74 Å². The number of carbonyl (C=O) groups is 1. The lowest BCUT2D eigenvalue weighted by Gasteiger charge is -2.24. The fourth-order valence-corrected chi connectivity index (χ4v) is 4.22. The van der Waals surface area contributed by atoms with E-state index in [1.54, 1.807) is 0 Å². The molecule has 2 fully saturated rings. The molecule has 1 aromatic carbocycles. The van der Waals surface area contributed by atoms with E-state index in [0.29, 0.717) is 18.6 Å². The molecule has 1 saturated carbocycles. The predicted octanol–water partition coefficient (Wildman–Crippen LogP) is 4.11. The van der Waals surface area contributed by atoms with Crippen LogP contribution in [-0.4, -0.2) is 49.1 Å². The van der Waals surface area contributed by atoms with Crippen molar-refractivity contribution < 1.29 is 9.53 Å². The van der Waals surface area contributed by atoms with E-state index in [9.17, 15) is 4.79 Å². The molecular formula is C21H35Cl2N3O2. The maximum atomic E-state index is 12.5. The third-order valence-corrected chi connectivity index (χ3v) is 5.87. The van der Waals surface area contributed by atoms with Crippen molar-refractivity contribution in [3.8, 4) is 5.75 Å². The van der Waals surface area contributed by atoms with Crippen LogP contribution in [0.3, 0.4) is 0 Å². The molecular weight excluding hydrogens is 397 g/mol. The number of hydrogen-bond donors (Lipinski definition) is 2. The normalized spacial score (nSPS) is 23.3. The van der Waals surface area contributed by atoms with Crippen molar-refractivity contribution in [2.75, 3.05) is 31.6 Å². The molecule has 1 saturated heterocycles. The van der Waals surface area contributed by atoms with Crippen LogP contribution in [-0.2, 0) is 4.79 Å². The molecule has 1 heterocycles.